The molecule has 2 N–H and O–H groups in total. The Balaban J connectivity index is 1.54. The van der Waals surface area contributed by atoms with Crippen molar-refractivity contribution >= 4 is 6.09 Å². The van der Waals surface area contributed by atoms with Crippen LogP contribution >= 0.6 is 0 Å². The summed E-state index contributed by atoms with van der Waals surface area (Å²) in [5.74, 6) is 0. The first-order valence-electron chi connectivity index (χ1n) is 11.2. The molecular formula is C27H30N2O4. The molecule has 4 rings (SSSR count). The Hall–Kier alpha value is -3.38. The van der Waals surface area contributed by atoms with E-state index in [0.717, 1.165) is 22.3 Å². The van der Waals surface area contributed by atoms with Gasteiger partial charge in [0.15, 0.2) is 0 Å². The number of carbonyl (C=O) groups is 1. The van der Waals surface area contributed by atoms with Crippen LogP contribution in [0.2, 0.25) is 0 Å². The number of carbonyl (C=O) groups excluding carboxylic acids is 1. The van der Waals surface area contributed by atoms with E-state index >= 15 is 0 Å². The van der Waals surface area contributed by atoms with Gasteiger partial charge in [-0.2, -0.15) is 0 Å². The lowest BCUT2D eigenvalue weighted by atomic mass is 9.80. The number of aromatic amines is 1. The summed E-state index contributed by atoms with van der Waals surface area (Å²) in [4.78, 5) is 29.1. The fraction of sp³-hybridized carbons (Fsp3) is 0.333. The highest BCUT2D eigenvalue weighted by atomic mass is 16.6. The molecule has 1 aliphatic heterocycles. The number of hydrogen-bond donors (Lipinski definition) is 2. The van der Waals surface area contributed by atoms with Crippen LogP contribution in [-0.4, -0.2) is 33.2 Å². The Bertz CT molecular complexity index is 1160. The number of aromatic nitrogens is 1. The summed E-state index contributed by atoms with van der Waals surface area (Å²) in [7, 11) is 0. The summed E-state index contributed by atoms with van der Waals surface area (Å²) < 4.78 is 6.09. The van der Waals surface area contributed by atoms with Crippen LogP contribution in [0.4, 0.5) is 4.79 Å². The Kier molecular flexibility index (Phi) is 6.13. The Morgan fingerprint density at radius 1 is 1.06 bits per heavy atom. The van der Waals surface area contributed by atoms with Crippen molar-refractivity contribution in [1.29, 1.82) is 0 Å². The quantitative estimate of drug-likeness (QED) is 0.558. The molecule has 1 fully saturated rings. The van der Waals surface area contributed by atoms with Crippen LogP contribution in [-0.2, 0) is 10.3 Å². The van der Waals surface area contributed by atoms with Crippen molar-refractivity contribution in [2.75, 3.05) is 6.54 Å². The molecule has 2 atom stereocenters. The van der Waals surface area contributed by atoms with E-state index in [-0.39, 0.29) is 17.7 Å². The van der Waals surface area contributed by atoms with E-state index in [9.17, 15) is 14.7 Å². The normalized spacial score (nSPS) is 19.8. The Morgan fingerprint density at radius 3 is 2.36 bits per heavy atom. The van der Waals surface area contributed by atoms with Crippen molar-refractivity contribution in [3.63, 3.8) is 0 Å². The van der Waals surface area contributed by atoms with Crippen LogP contribution in [0.15, 0.2) is 77.7 Å². The van der Waals surface area contributed by atoms with Gasteiger partial charge in [0.05, 0.1) is 11.6 Å². The third-order valence-electron chi connectivity index (χ3n) is 6.26. The predicted octanol–water partition coefficient (Wildman–Crippen LogP) is 5.00. The molecule has 1 amide bonds. The number of aliphatic hydroxyl groups is 1. The molecule has 172 valence electrons. The zero-order chi connectivity index (χ0) is 23.6. The number of pyridine rings is 1. The molecule has 0 spiro atoms. The highest BCUT2D eigenvalue weighted by Gasteiger charge is 2.46. The lowest BCUT2D eigenvalue weighted by Gasteiger charge is -2.45. The Labute approximate surface area is 193 Å². The molecule has 0 radical (unpaired) electrons. The highest BCUT2D eigenvalue weighted by Crippen LogP contribution is 2.42. The number of benzene rings is 2. The van der Waals surface area contributed by atoms with Gasteiger partial charge in [0, 0.05) is 31.6 Å². The monoisotopic (exact) mass is 446 g/mol. The Morgan fingerprint density at radius 2 is 1.76 bits per heavy atom. The van der Waals surface area contributed by atoms with Gasteiger partial charge in [0.2, 0.25) is 5.56 Å². The van der Waals surface area contributed by atoms with Crippen molar-refractivity contribution in [2.45, 2.75) is 50.9 Å². The fourth-order valence-electron chi connectivity index (χ4n) is 4.65. The maximum atomic E-state index is 13.2. The molecule has 0 saturated carbocycles. The first-order valence-corrected chi connectivity index (χ1v) is 11.2. The molecule has 1 aliphatic rings. The smallest absolute Gasteiger partial charge is 0.411 e. The number of nitrogens with one attached hydrogen (secondary N) is 1. The van der Waals surface area contributed by atoms with Crippen molar-refractivity contribution < 1.29 is 14.6 Å². The minimum absolute atomic E-state index is 0.144. The highest BCUT2D eigenvalue weighted by molar-refractivity contribution is 5.70. The minimum atomic E-state index is -0.987. The van der Waals surface area contributed by atoms with Crippen molar-refractivity contribution in [1.82, 2.24) is 9.88 Å². The van der Waals surface area contributed by atoms with Crippen LogP contribution in [0.5, 0.6) is 0 Å². The van der Waals surface area contributed by atoms with Gasteiger partial charge in [-0.1, -0.05) is 54.6 Å². The number of rotatable bonds is 6. The van der Waals surface area contributed by atoms with Gasteiger partial charge in [-0.15, -0.1) is 0 Å². The maximum absolute atomic E-state index is 13.2. The number of nitrogens with zero attached hydrogens (tertiary/aromatic N) is 1. The summed E-state index contributed by atoms with van der Waals surface area (Å²) in [6, 6.07) is 20.8. The van der Waals surface area contributed by atoms with Gasteiger partial charge >= 0.3 is 6.09 Å². The SMILES string of the molecule is C[C@@H](c1ccc(-c2cc[nH]c(=O)c2)cc1)N1CCC(CC(C)(C)O)(c2ccccc2)OC1=O. The molecule has 1 unspecified atom stereocenters. The third-order valence-corrected chi connectivity index (χ3v) is 6.26. The average molecular weight is 447 g/mol. The van der Waals surface area contributed by atoms with E-state index in [2.05, 4.69) is 4.98 Å². The minimum Gasteiger partial charge on any atom is -0.438 e. The molecule has 6 nitrogen and oxygen atoms in total. The molecule has 1 aromatic heterocycles. The third kappa shape index (κ3) is 5.01. The number of cyclic esters (lactones) is 1. The molecule has 33 heavy (non-hydrogen) atoms. The van der Waals surface area contributed by atoms with Gasteiger partial charge in [0.25, 0.3) is 0 Å². The fourth-order valence-corrected chi connectivity index (χ4v) is 4.65. The number of ether oxygens (including phenoxy) is 1. The zero-order valence-electron chi connectivity index (χ0n) is 19.2. The maximum Gasteiger partial charge on any atom is 0.411 e. The van der Waals surface area contributed by atoms with E-state index < -0.39 is 11.2 Å². The standard InChI is InChI=1S/C27H30N2O4/c1-19(20-9-11-21(12-10-20)22-13-15-28-24(30)17-22)29-16-14-27(33-25(29)31,18-26(2,3)32)23-7-5-4-6-8-23/h4-13,15,17,19,32H,14,16,18H2,1-3H3,(H,28,30)/t19-,27?/m0/s1. The van der Waals surface area contributed by atoms with Crippen molar-refractivity contribution in [2.24, 2.45) is 0 Å². The summed E-state index contributed by atoms with van der Waals surface area (Å²) in [6.07, 6.45) is 2.15. The van der Waals surface area contributed by atoms with Crippen molar-refractivity contribution in [3.8, 4) is 11.1 Å². The molecule has 0 aliphatic carbocycles. The van der Waals surface area contributed by atoms with Crippen LogP contribution in [0.25, 0.3) is 11.1 Å². The zero-order valence-corrected chi connectivity index (χ0v) is 19.2. The second-order valence-corrected chi connectivity index (χ2v) is 9.40. The van der Waals surface area contributed by atoms with Crippen LogP contribution in [0.3, 0.4) is 0 Å². The van der Waals surface area contributed by atoms with Crippen LogP contribution in [0, 0.1) is 0 Å². The van der Waals surface area contributed by atoms with E-state index in [1.807, 2.05) is 67.6 Å². The first kappa shape index (κ1) is 22.8. The van der Waals surface area contributed by atoms with Gasteiger partial charge in [-0.3, -0.25) is 4.79 Å². The van der Waals surface area contributed by atoms with E-state index in [1.165, 1.54) is 0 Å². The summed E-state index contributed by atoms with van der Waals surface area (Å²) in [5.41, 5.74) is 1.66. The molecule has 1 saturated heterocycles. The second-order valence-electron chi connectivity index (χ2n) is 9.40. The van der Waals surface area contributed by atoms with Gasteiger partial charge in [-0.25, -0.2) is 4.79 Å². The van der Waals surface area contributed by atoms with Crippen LogP contribution < -0.4 is 5.56 Å². The number of amides is 1. The largest absolute Gasteiger partial charge is 0.438 e. The van der Waals surface area contributed by atoms with Gasteiger partial charge in [0.1, 0.15) is 5.60 Å². The molecule has 3 aromatic rings. The van der Waals surface area contributed by atoms with Gasteiger partial charge < -0.3 is 19.7 Å². The molecular weight excluding hydrogens is 416 g/mol. The topological polar surface area (TPSA) is 82.6 Å². The predicted molar refractivity (Wildman–Crippen MR) is 128 cm³/mol. The average Bonchev–Trinajstić information content (AvgIpc) is 2.78. The van der Waals surface area contributed by atoms with Gasteiger partial charge in [-0.05, 0) is 49.1 Å². The second kappa shape index (κ2) is 8.87. The lowest BCUT2D eigenvalue weighted by Crippen LogP contribution is -2.51. The van der Waals surface area contributed by atoms with E-state index in [4.69, 9.17) is 4.74 Å². The summed E-state index contributed by atoms with van der Waals surface area (Å²) >= 11 is 0. The summed E-state index contributed by atoms with van der Waals surface area (Å²) in [5, 5.41) is 10.5. The molecule has 2 heterocycles. The number of hydrogen-bond acceptors (Lipinski definition) is 4. The van der Waals surface area contributed by atoms with Crippen molar-refractivity contribution in [3.05, 3.63) is 94.4 Å². The molecule has 6 heteroatoms. The number of H-pyrrole nitrogens is 1. The lowest BCUT2D eigenvalue weighted by molar-refractivity contribution is -0.101. The van der Waals surface area contributed by atoms with E-state index in [1.54, 1.807) is 31.0 Å². The summed E-state index contributed by atoms with van der Waals surface area (Å²) in [6.45, 7) is 5.97. The van der Waals surface area contributed by atoms with E-state index in [0.29, 0.717) is 19.4 Å². The van der Waals surface area contributed by atoms with Crippen LogP contribution in [0.1, 0.15) is 50.8 Å². The molecule has 0 bridgehead atoms. The molecule has 2 aromatic carbocycles. The first-order chi connectivity index (χ1) is 15.7.